The summed E-state index contributed by atoms with van der Waals surface area (Å²) in [5.74, 6) is -0.798. The molecule has 1 N–H and O–H groups in total. The molecule has 5 nitrogen and oxygen atoms in total. The third-order valence-corrected chi connectivity index (χ3v) is 2.97. The van der Waals surface area contributed by atoms with Gasteiger partial charge in [0.15, 0.2) is 11.9 Å². The first-order chi connectivity index (χ1) is 9.93. The molecule has 0 aliphatic carbocycles. The highest BCUT2D eigenvalue weighted by Crippen LogP contribution is 2.11. The fourth-order valence-electron chi connectivity index (χ4n) is 1.66. The molecule has 0 aromatic heterocycles. The molecule has 5 heteroatoms. The minimum atomic E-state index is -0.846. The lowest BCUT2D eigenvalue weighted by molar-refractivity contribution is -0.153. The first kappa shape index (κ1) is 16.9. The lowest BCUT2D eigenvalue weighted by Gasteiger charge is -2.13. The van der Waals surface area contributed by atoms with Crippen molar-refractivity contribution >= 4 is 23.3 Å². The highest BCUT2D eigenvalue weighted by Gasteiger charge is 2.17. The Morgan fingerprint density at radius 1 is 1.19 bits per heavy atom. The lowest BCUT2D eigenvalue weighted by atomic mass is 10.1. The molecule has 1 aromatic carbocycles. The predicted molar refractivity (Wildman–Crippen MR) is 80.2 cm³/mol. The second-order valence-electron chi connectivity index (χ2n) is 4.86. The zero-order valence-electron chi connectivity index (χ0n) is 12.6. The second-order valence-corrected chi connectivity index (χ2v) is 4.86. The number of amides is 1. The van der Waals surface area contributed by atoms with Crippen LogP contribution in [-0.4, -0.2) is 23.8 Å². The molecule has 0 aliphatic rings. The van der Waals surface area contributed by atoms with E-state index in [1.165, 1.54) is 13.8 Å². The van der Waals surface area contributed by atoms with Crippen LogP contribution in [0.2, 0.25) is 0 Å². The van der Waals surface area contributed by atoms with Crippen LogP contribution in [0.25, 0.3) is 0 Å². The number of unbranched alkanes of at least 4 members (excludes halogenated alkanes) is 1. The number of hydrogen-bond donors (Lipinski definition) is 1. The van der Waals surface area contributed by atoms with E-state index in [0.717, 1.165) is 12.8 Å². The minimum Gasteiger partial charge on any atom is -0.453 e. The fourth-order valence-corrected chi connectivity index (χ4v) is 1.66. The fraction of sp³-hybridized carbons (Fsp3) is 0.438. The maximum absolute atomic E-state index is 11.9. The number of nitrogens with one attached hydrogen (secondary N) is 1. The van der Waals surface area contributed by atoms with Crippen LogP contribution in [0.5, 0.6) is 0 Å². The summed E-state index contributed by atoms with van der Waals surface area (Å²) in [7, 11) is 0. The van der Waals surface area contributed by atoms with Crippen LogP contribution in [0, 0.1) is 0 Å². The van der Waals surface area contributed by atoms with E-state index in [2.05, 4.69) is 5.32 Å². The van der Waals surface area contributed by atoms with E-state index in [-0.39, 0.29) is 11.8 Å². The van der Waals surface area contributed by atoms with Gasteiger partial charge in [0.1, 0.15) is 0 Å². The van der Waals surface area contributed by atoms with E-state index in [9.17, 15) is 14.4 Å². The Morgan fingerprint density at radius 2 is 1.81 bits per heavy atom. The Kier molecular flexibility index (Phi) is 6.59. The van der Waals surface area contributed by atoms with Gasteiger partial charge in [-0.2, -0.15) is 0 Å². The van der Waals surface area contributed by atoms with Gasteiger partial charge in [0, 0.05) is 17.7 Å². The van der Waals surface area contributed by atoms with E-state index in [4.69, 9.17) is 4.74 Å². The zero-order valence-corrected chi connectivity index (χ0v) is 12.6. The van der Waals surface area contributed by atoms with Crippen molar-refractivity contribution in [3.05, 3.63) is 29.8 Å². The van der Waals surface area contributed by atoms with Gasteiger partial charge in [-0.1, -0.05) is 13.3 Å². The molecule has 0 bridgehead atoms. The van der Waals surface area contributed by atoms with Gasteiger partial charge in [0.2, 0.25) is 0 Å². The number of Topliss-reactive ketones (excluding diaryl/α,β-unsaturated/α-hetero) is 1. The van der Waals surface area contributed by atoms with Gasteiger partial charge in [-0.3, -0.25) is 14.4 Å². The minimum absolute atomic E-state index is 0.0360. The zero-order chi connectivity index (χ0) is 15.8. The predicted octanol–water partition coefficient (Wildman–Crippen LogP) is 2.95. The van der Waals surface area contributed by atoms with Crippen LogP contribution >= 0.6 is 0 Å². The average molecular weight is 291 g/mol. The maximum Gasteiger partial charge on any atom is 0.306 e. The molecule has 1 aromatic rings. The van der Waals surface area contributed by atoms with Crippen LogP contribution in [0.15, 0.2) is 24.3 Å². The summed E-state index contributed by atoms with van der Waals surface area (Å²) in [4.78, 5) is 34.5. The number of carbonyl (C=O) groups is 3. The van der Waals surface area contributed by atoms with Gasteiger partial charge in [-0.05, 0) is 44.5 Å². The van der Waals surface area contributed by atoms with Crippen molar-refractivity contribution in [1.29, 1.82) is 0 Å². The molecule has 0 fully saturated rings. The Bertz CT molecular complexity index is 508. The highest BCUT2D eigenvalue weighted by atomic mass is 16.5. The molecule has 0 heterocycles. The maximum atomic E-state index is 11.9. The van der Waals surface area contributed by atoms with Crippen LogP contribution in [0.1, 0.15) is 50.4 Å². The van der Waals surface area contributed by atoms with Crippen LogP contribution in [0.3, 0.4) is 0 Å². The number of rotatable bonds is 7. The molecular formula is C16H21NO4. The van der Waals surface area contributed by atoms with Gasteiger partial charge in [0.05, 0.1) is 0 Å². The number of benzene rings is 1. The van der Waals surface area contributed by atoms with E-state index in [1.807, 2.05) is 6.92 Å². The number of esters is 1. The molecule has 0 spiro atoms. The third kappa shape index (κ3) is 5.77. The monoisotopic (exact) mass is 291 g/mol. The normalized spacial score (nSPS) is 11.6. The number of ether oxygens (including phenoxy) is 1. The first-order valence-corrected chi connectivity index (χ1v) is 7.05. The largest absolute Gasteiger partial charge is 0.453 e. The van der Waals surface area contributed by atoms with E-state index in [1.54, 1.807) is 24.3 Å². The molecule has 1 atom stereocenters. The van der Waals surface area contributed by atoms with Gasteiger partial charge in [-0.25, -0.2) is 0 Å². The van der Waals surface area contributed by atoms with Crippen molar-refractivity contribution in [2.75, 3.05) is 5.32 Å². The van der Waals surface area contributed by atoms with E-state index < -0.39 is 12.0 Å². The summed E-state index contributed by atoms with van der Waals surface area (Å²) in [6, 6.07) is 6.55. The quantitative estimate of drug-likeness (QED) is 0.619. The Morgan fingerprint density at radius 3 is 2.33 bits per heavy atom. The SMILES string of the molecule is CCCCC(=O)O[C@@H](C)C(=O)Nc1ccc(C(C)=O)cc1. The molecule has 0 saturated heterocycles. The molecular weight excluding hydrogens is 270 g/mol. The van der Waals surface area contributed by atoms with Crippen LogP contribution in [0.4, 0.5) is 5.69 Å². The smallest absolute Gasteiger partial charge is 0.306 e. The van der Waals surface area contributed by atoms with Gasteiger partial charge < -0.3 is 10.1 Å². The van der Waals surface area contributed by atoms with Crippen LogP contribution in [-0.2, 0) is 14.3 Å². The standard InChI is InChI=1S/C16H21NO4/c1-4-5-6-15(19)21-12(3)16(20)17-14-9-7-13(8-10-14)11(2)18/h7-10,12H,4-6H2,1-3H3,(H,17,20)/t12-/m0/s1. The molecule has 0 saturated carbocycles. The number of anilines is 1. The highest BCUT2D eigenvalue weighted by molar-refractivity contribution is 5.97. The van der Waals surface area contributed by atoms with Crippen molar-refractivity contribution in [3.63, 3.8) is 0 Å². The van der Waals surface area contributed by atoms with Gasteiger partial charge in [-0.15, -0.1) is 0 Å². The summed E-state index contributed by atoms with van der Waals surface area (Å²) >= 11 is 0. The molecule has 0 aliphatic heterocycles. The molecule has 114 valence electrons. The van der Waals surface area contributed by atoms with Gasteiger partial charge in [0.25, 0.3) is 5.91 Å². The van der Waals surface area contributed by atoms with E-state index >= 15 is 0 Å². The summed E-state index contributed by atoms with van der Waals surface area (Å²) in [5.41, 5.74) is 1.13. The lowest BCUT2D eigenvalue weighted by Crippen LogP contribution is -2.29. The topological polar surface area (TPSA) is 72.5 Å². The van der Waals surface area contributed by atoms with Crippen molar-refractivity contribution in [3.8, 4) is 0 Å². The van der Waals surface area contributed by atoms with E-state index in [0.29, 0.717) is 17.7 Å². The molecule has 21 heavy (non-hydrogen) atoms. The molecule has 0 unspecified atom stereocenters. The second kappa shape index (κ2) is 8.19. The number of ketones is 1. The van der Waals surface area contributed by atoms with Crippen molar-refractivity contribution in [2.24, 2.45) is 0 Å². The summed E-state index contributed by atoms with van der Waals surface area (Å²) in [5, 5.41) is 2.64. The van der Waals surface area contributed by atoms with Crippen molar-refractivity contribution in [1.82, 2.24) is 0 Å². The summed E-state index contributed by atoms with van der Waals surface area (Å²) in [6.07, 6.45) is 1.13. The average Bonchev–Trinajstić information content (AvgIpc) is 2.45. The number of hydrogen-bond acceptors (Lipinski definition) is 4. The summed E-state index contributed by atoms with van der Waals surface area (Å²) < 4.78 is 5.04. The third-order valence-electron chi connectivity index (χ3n) is 2.97. The Labute approximate surface area is 124 Å². The van der Waals surface area contributed by atoms with Gasteiger partial charge >= 0.3 is 5.97 Å². The van der Waals surface area contributed by atoms with Crippen molar-refractivity contribution < 1.29 is 19.1 Å². The Balaban J connectivity index is 2.51. The molecule has 1 rings (SSSR count). The van der Waals surface area contributed by atoms with Crippen LogP contribution < -0.4 is 5.32 Å². The molecule has 0 radical (unpaired) electrons. The van der Waals surface area contributed by atoms with Crippen molar-refractivity contribution in [2.45, 2.75) is 46.1 Å². The first-order valence-electron chi connectivity index (χ1n) is 7.05. The Hall–Kier alpha value is -2.17. The summed E-state index contributed by atoms with van der Waals surface area (Å²) in [6.45, 7) is 4.99. The number of carbonyl (C=O) groups excluding carboxylic acids is 3. The molecule has 1 amide bonds.